The van der Waals surface area contributed by atoms with Crippen molar-refractivity contribution in [3.8, 4) is 0 Å². The Labute approximate surface area is 130 Å². The van der Waals surface area contributed by atoms with Crippen LogP contribution in [0.15, 0.2) is 34.9 Å². The number of aromatic nitrogens is 1. The number of halogens is 1. The Bertz CT molecular complexity index is 659. The predicted molar refractivity (Wildman–Crippen MR) is 85.0 cm³/mol. The highest BCUT2D eigenvalue weighted by Gasteiger charge is 2.16. The molecule has 0 atom stereocenters. The third-order valence-electron chi connectivity index (χ3n) is 3.15. The van der Waals surface area contributed by atoms with Crippen LogP contribution in [-0.4, -0.2) is 9.91 Å². The molecule has 3 N–H and O–H groups in total. The molecule has 21 heavy (non-hydrogen) atoms. The van der Waals surface area contributed by atoms with Gasteiger partial charge in [0, 0.05) is 18.7 Å². The van der Waals surface area contributed by atoms with E-state index in [1.165, 1.54) is 6.20 Å². The van der Waals surface area contributed by atoms with Gasteiger partial charge in [-0.3, -0.25) is 10.1 Å². The fraction of sp³-hybridized carbons (Fsp3) is 0.214. The third kappa shape index (κ3) is 3.56. The summed E-state index contributed by atoms with van der Waals surface area (Å²) >= 11 is 3.35. The van der Waals surface area contributed by atoms with Gasteiger partial charge in [0.2, 0.25) is 0 Å². The summed E-state index contributed by atoms with van der Waals surface area (Å²) in [6, 6.07) is 7.92. The molecule has 0 bridgehead atoms. The molecule has 0 fully saturated rings. The summed E-state index contributed by atoms with van der Waals surface area (Å²) in [7, 11) is 0. The second-order valence-electron chi connectivity index (χ2n) is 4.56. The molecule has 1 aromatic heterocycles. The monoisotopic (exact) mass is 350 g/mol. The molecule has 110 valence electrons. The van der Waals surface area contributed by atoms with Crippen LogP contribution in [-0.2, 0) is 13.1 Å². The van der Waals surface area contributed by atoms with Gasteiger partial charge >= 0.3 is 0 Å². The van der Waals surface area contributed by atoms with Gasteiger partial charge in [-0.2, -0.15) is 0 Å². The average Bonchev–Trinajstić information content (AvgIpc) is 2.49. The maximum Gasteiger partial charge on any atom is 0.291 e. The van der Waals surface area contributed by atoms with Crippen LogP contribution in [0, 0.1) is 17.0 Å². The van der Waals surface area contributed by atoms with Gasteiger partial charge in [0.1, 0.15) is 12.0 Å². The molecule has 0 aliphatic carbocycles. The Morgan fingerprint density at radius 1 is 1.33 bits per heavy atom. The number of nitrogens with one attached hydrogen (secondary N) is 1. The maximum atomic E-state index is 10.8. The van der Waals surface area contributed by atoms with Crippen LogP contribution in [0.1, 0.15) is 16.7 Å². The maximum absolute atomic E-state index is 10.8. The number of nitro groups is 1. The molecule has 2 rings (SSSR count). The number of benzene rings is 1. The molecular weight excluding hydrogens is 336 g/mol. The minimum Gasteiger partial charge on any atom is -0.365 e. The van der Waals surface area contributed by atoms with Gasteiger partial charge < -0.3 is 11.1 Å². The molecule has 0 aliphatic rings. The van der Waals surface area contributed by atoms with E-state index < -0.39 is 4.92 Å². The van der Waals surface area contributed by atoms with Crippen molar-refractivity contribution in [3.63, 3.8) is 0 Å². The Kier molecular flexibility index (Phi) is 4.87. The zero-order valence-corrected chi connectivity index (χ0v) is 13.1. The number of anilines is 1. The molecule has 0 unspecified atom stereocenters. The van der Waals surface area contributed by atoms with E-state index in [-0.39, 0.29) is 5.69 Å². The molecule has 0 aliphatic heterocycles. The van der Waals surface area contributed by atoms with E-state index in [4.69, 9.17) is 5.73 Å². The van der Waals surface area contributed by atoms with Gasteiger partial charge in [0.05, 0.1) is 9.40 Å². The van der Waals surface area contributed by atoms with Crippen LogP contribution >= 0.6 is 15.9 Å². The first-order valence-corrected chi connectivity index (χ1v) is 7.13. The molecule has 2 aromatic rings. The van der Waals surface area contributed by atoms with Crippen LogP contribution in [0.25, 0.3) is 0 Å². The summed E-state index contributed by atoms with van der Waals surface area (Å²) in [4.78, 5) is 14.5. The Morgan fingerprint density at radius 3 is 2.52 bits per heavy atom. The highest BCUT2D eigenvalue weighted by molar-refractivity contribution is 9.10. The summed E-state index contributed by atoms with van der Waals surface area (Å²) < 4.78 is 0.607. The summed E-state index contributed by atoms with van der Waals surface area (Å²) in [6.45, 7) is 2.78. The second-order valence-corrected chi connectivity index (χ2v) is 5.36. The highest BCUT2D eigenvalue weighted by atomic mass is 79.9. The summed E-state index contributed by atoms with van der Waals surface area (Å²) in [6.07, 6.45) is 1.26. The van der Waals surface area contributed by atoms with Crippen molar-refractivity contribution in [2.24, 2.45) is 5.73 Å². The first-order chi connectivity index (χ1) is 10.0. The van der Waals surface area contributed by atoms with Gasteiger partial charge in [-0.05, 0) is 34.0 Å². The van der Waals surface area contributed by atoms with Gasteiger partial charge in [-0.1, -0.05) is 24.3 Å². The third-order valence-corrected chi connectivity index (χ3v) is 4.12. The van der Waals surface area contributed by atoms with Crippen molar-refractivity contribution in [1.29, 1.82) is 0 Å². The lowest BCUT2D eigenvalue weighted by Gasteiger charge is -2.10. The van der Waals surface area contributed by atoms with Crippen LogP contribution in [0.2, 0.25) is 0 Å². The van der Waals surface area contributed by atoms with Crippen LogP contribution in [0.3, 0.4) is 0 Å². The van der Waals surface area contributed by atoms with Crippen LogP contribution in [0.5, 0.6) is 0 Å². The zero-order valence-electron chi connectivity index (χ0n) is 11.5. The van der Waals surface area contributed by atoms with E-state index in [1.807, 2.05) is 24.3 Å². The van der Waals surface area contributed by atoms with E-state index in [0.717, 1.165) is 11.1 Å². The zero-order chi connectivity index (χ0) is 15.4. The van der Waals surface area contributed by atoms with E-state index in [2.05, 4.69) is 26.2 Å². The first-order valence-electron chi connectivity index (χ1n) is 6.34. The van der Waals surface area contributed by atoms with E-state index in [1.54, 1.807) is 6.92 Å². The average molecular weight is 351 g/mol. The molecular formula is C14H15BrN4O2. The number of nitrogens with zero attached hydrogens (tertiary/aromatic N) is 2. The first kappa shape index (κ1) is 15.4. The molecule has 0 saturated heterocycles. The van der Waals surface area contributed by atoms with Gasteiger partial charge in [-0.25, -0.2) is 4.98 Å². The SMILES string of the molecule is Cc1c([N+](=O)[O-])cnc(NCc2ccc(CN)cc2)c1Br. The minimum absolute atomic E-state index is 0.000256. The highest BCUT2D eigenvalue weighted by Crippen LogP contribution is 2.30. The Morgan fingerprint density at radius 2 is 1.95 bits per heavy atom. The fourth-order valence-corrected chi connectivity index (χ4v) is 2.30. The van der Waals surface area contributed by atoms with Crippen molar-refractivity contribution in [1.82, 2.24) is 4.98 Å². The number of hydrogen-bond donors (Lipinski definition) is 2. The summed E-state index contributed by atoms with van der Waals surface area (Å²) in [5.41, 5.74) is 8.26. The smallest absolute Gasteiger partial charge is 0.291 e. The number of pyridine rings is 1. The van der Waals surface area contributed by atoms with Crippen molar-refractivity contribution in [2.45, 2.75) is 20.0 Å². The molecule has 1 aromatic carbocycles. The lowest BCUT2D eigenvalue weighted by atomic mass is 10.1. The van der Waals surface area contributed by atoms with Crippen molar-refractivity contribution < 1.29 is 4.92 Å². The largest absolute Gasteiger partial charge is 0.365 e. The van der Waals surface area contributed by atoms with Crippen molar-refractivity contribution >= 4 is 27.4 Å². The minimum atomic E-state index is -0.442. The summed E-state index contributed by atoms with van der Waals surface area (Å²) in [5.74, 6) is 0.584. The molecule has 1 heterocycles. The van der Waals surface area contributed by atoms with Gasteiger partial charge in [-0.15, -0.1) is 0 Å². The normalized spacial score (nSPS) is 10.4. The molecule has 6 nitrogen and oxygen atoms in total. The van der Waals surface area contributed by atoms with Crippen LogP contribution in [0.4, 0.5) is 11.5 Å². The van der Waals surface area contributed by atoms with Crippen molar-refractivity contribution in [3.05, 3.63) is 61.7 Å². The number of hydrogen-bond acceptors (Lipinski definition) is 5. The van der Waals surface area contributed by atoms with Gasteiger partial charge in [0.15, 0.2) is 0 Å². The Hall–Kier alpha value is -1.99. The topological polar surface area (TPSA) is 94.1 Å². The number of rotatable bonds is 5. The molecule has 0 spiro atoms. The lowest BCUT2D eigenvalue weighted by Crippen LogP contribution is -2.05. The molecule has 0 amide bonds. The van der Waals surface area contributed by atoms with Crippen LogP contribution < -0.4 is 11.1 Å². The van der Waals surface area contributed by atoms with Gasteiger partial charge in [0.25, 0.3) is 5.69 Å². The van der Waals surface area contributed by atoms with E-state index in [0.29, 0.717) is 28.9 Å². The van der Waals surface area contributed by atoms with Crippen molar-refractivity contribution in [2.75, 3.05) is 5.32 Å². The molecule has 0 saturated carbocycles. The number of nitrogens with two attached hydrogens (primary N) is 1. The Balaban J connectivity index is 2.12. The standard InChI is InChI=1S/C14H15BrN4O2/c1-9-12(19(20)21)8-18-14(13(9)15)17-7-11-4-2-10(6-16)3-5-11/h2-5,8H,6-7,16H2,1H3,(H,17,18). The summed E-state index contributed by atoms with van der Waals surface area (Å²) in [5, 5.41) is 14.0. The van der Waals surface area contributed by atoms with E-state index >= 15 is 0 Å². The fourth-order valence-electron chi connectivity index (χ4n) is 1.86. The molecule has 0 radical (unpaired) electrons. The quantitative estimate of drug-likeness (QED) is 0.638. The second kappa shape index (κ2) is 6.64. The van der Waals surface area contributed by atoms with E-state index in [9.17, 15) is 10.1 Å². The lowest BCUT2D eigenvalue weighted by molar-refractivity contribution is -0.385. The predicted octanol–water partition coefficient (Wildman–Crippen LogP) is 3.13. The molecule has 7 heteroatoms.